The van der Waals surface area contributed by atoms with Crippen LogP contribution >= 0.6 is 11.8 Å². The Morgan fingerprint density at radius 1 is 1.53 bits per heavy atom. The number of rotatable bonds is 5. The minimum Gasteiger partial charge on any atom is -0.397 e. The van der Waals surface area contributed by atoms with Gasteiger partial charge < -0.3 is 15.8 Å². The first-order chi connectivity index (χ1) is 9.09. The summed E-state index contributed by atoms with van der Waals surface area (Å²) >= 11 is 1.54. The zero-order valence-electron chi connectivity index (χ0n) is 10.3. The fourth-order valence-electron chi connectivity index (χ4n) is 1.65. The van der Waals surface area contributed by atoms with Crippen molar-refractivity contribution >= 4 is 23.3 Å². The molecular weight excluding hydrogens is 266 g/mol. The van der Waals surface area contributed by atoms with Crippen LogP contribution in [0, 0.1) is 17.0 Å². The molecular formula is C11H13N5O2S. The number of nitrogen functional groups attached to an aromatic ring is 1. The van der Waals surface area contributed by atoms with Crippen molar-refractivity contribution in [1.82, 2.24) is 14.5 Å². The molecule has 7 nitrogen and oxygen atoms in total. The van der Waals surface area contributed by atoms with Gasteiger partial charge in [-0.25, -0.2) is 9.55 Å². The van der Waals surface area contributed by atoms with E-state index < -0.39 is 4.92 Å². The standard InChI is InChI=1S/C11H13N5O2S/c1-8-14-7-11(16(17)18)15(8)4-5-19-10-2-3-13-6-9(10)12/h2-3,6-7H,4-5,12H2,1H3. The highest BCUT2D eigenvalue weighted by Crippen LogP contribution is 2.24. The van der Waals surface area contributed by atoms with Gasteiger partial charge in [-0.3, -0.25) is 4.98 Å². The van der Waals surface area contributed by atoms with Crippen molar-refractivity contribution in [3.05, 3.63) is 40.6 Å². The Balaban J connectivity index is 2.02. The lowest BCUT2D eigenvalue weighted by molar-refractivity contribution is -0.392. The summed E-state index contributed by atoms with van der Waals surface area (Å²) in [6.45, 7) is 2.26. The summed E-state index contributed by atoms with van der Waals surface area (Å²) in [4.78, 5) is 19.2. The van der Waals surface area contributed by atoms with Crippen molar-refractivity contribution < 1.29 is 4.92 Å². The van der Waals surface area contributed by atoms with E-state index in [1.807, 2.05) is 6.07 Å². The molecule has 2 N–H and O–H groups in total. The summed E-state index contributed by atoms with van der Waals surface area (Å²) in [6.07, 6.45) is 4.54. The van der Waals surface area contributed by atoms with Crippen LogP contribution in [-0.2, 0) is 6.54 Å². The lowest BCUT2D eigenvalue weighted by Crippen LogP contribution is -2.07. The molecule has 0 unspecified atom stereocenters. The SMILES string of the molecule is Cc1ncc([N+](=O)[O-])n1CCSc1ccncc1N. The molecule has 0 amide bonds. The van der Waals surface area contributed by atoms with Gasteiger partial charge in [0.15, 0.2) is 5.82 Å². The highest BCUT2D eigenvalue weighted by Gasteiger charge is 2.16. The third-order valence-electron chi connectivity index (χ3n) is 2.60. The summed E-state index contributed by atoms with van der Waals surface area (Å²) in [5.41, 5.74) is 6.39. The zero-order valence-corrected chi connectivity index (χ0v) is 11.1. The van der Waals surface area contributed by atoms with Crippen molar-refractivity contribution in [2.75, 3.05) is 11.5 Å². The van der Waals surface area contributed by atoms with E-state index in [-0.39, 0.29) is 5.82 Å². The van der Waals surface area contributed by atoms with Crippen molar-refractivity contribution in [2.24, 2.45) is 0 Å². The molecule has 2 aromatic rings. The Kier molecular flexibility index (Phi) is 4.00. The Labute approximate surface area is 114 Å². The number of aryl methyl sites for hydroxylation is 1. The van der Waals surface area contributed by atoms with Gasteiger partial charge in [-0.05, 0) is 11.0 Å². The number of nitro groups is 1. The monoisotopic (exact) mass is 279 g/mol. The lowest BCUT2D eigenvalue weighted by atomic mass is 10.4. The smallest absolute Gasteiger partial charge is 0.342 e. The zero-order chi connectivity index (χ0) is 13.8. The number of thioether (sulfide) groups is 1. The first kappa shape index (κ1) is 13.3. The predicted molar refractivity (Wildman–Crippen MR) is 73.0 cm³/mol. The van der Waals surface area contributed by atoms with E-state index in [9.17, 15) is 10.1 Å². The number of hydrogen-bond acceptors (Lipinski definition) is 6. The molecule has 0 bridgehead atoms. The molecule has 100 valence electrons. The number of aromatic nitrogens is 3. The Bertz CT molecular complexity index is 599. The second-order valence-electron chi connectivity index (χ2n) is 3.83. The van der Waals surface area contributed by atoms with Crippen LogP contribution in [0.25, 0.3) is 0 Å². The van der Waals surface area contributed by atoms with Crippen molar-refractivity contribution in [2.45, 2.75) is 18.4 Å². The number of pyridine rings is 1. The minimum atomic E-state index is -0.425. The van der Waals surface area contributed by atoms with Gasteiger partial charge in [-0.2, -0.15) is 0 Å². The first-order valence-corrected chi connectivity index (χ1v) is 6.57. The Morgan fingerprint density at radius 3 is 3.00 bits per heavy atom. The van der Waals surface area contributed by atoms with Gasteiger partial charge in [0.05, 0.1) is 11.9 Å². The number of nitrogens with zero attached hydrogens (tertiary/aromatic N) is 4. The molecule has 2 rings (SSSR count). The van der Waals surface area contributed by atoms with Gasteiger partial charge >= 0.3 is 5.82 Å². The molecule has 0 aliphatic rings. The van der Waals surface area contributed by atoms with Crippen molar-refractivity contribution in [1.29, 1.82) is 0 Å². The summed E-state index contributed by atoms with van der Waals surface area (Å²) < 4.78 is 1.59. The van der Waals surface area contributed by atoms with E-state index in [2.05, 4.69) is 9.97 Å². The van der Waals surface area contributed by atoms with Crippen molar-refractivity contribution in [3.63, 3.8) is 0 Å². The maximum atomic E-state index is 10.8. The summed E-state index contributed by atoms with van der Waals surface area (Å²) in [5.74, 6) is 1.32. The van der Waals surface area contributed by atoms with Gasteiger partial charge in [-0.15, -0.1) is 11.8 Å². The highest BCUT2D eigenvalue weighted by atomic mass is 32.2. The summed E-state index contributed by atoms with van der Waals surface area (Å²) in [6, 6.07) is 1.83. The molecule has 0 saturated heterocycles. The third kappa shape index (κ3) is 3.02. The van der Waals surface area contributed by atoms with E-state index in [0.717, 1.165) is 4.90 Å². The van der Waals surface area contributed by atoms with Crippen LogP contribution in [0.2, 0.25) is 0 Å². The Morgan fingerprint density at radius 2 is 2.32 bits per heavy atom. The van der Waals surface area contributed by atoms with Crippen LogP contribution in [0.15, 0.2) is 29.6 Å². The lowest BCUT2D eigenvalue weighted by Gasteiger charge is -2.05. The molecule has 0 aliphatic carbocycles. The van der Waals surface area contributed by atoms with Crippen LogP contribution in [0.4, 0.5) is 11.5 Å². The van der Waals surface area contributed by atoms with E-state index in [4.69, 9.17) is 5.73 Å². The maximum absolute atomic E-state index is 10.8. The van der Waals surface area contributed by atoms with E-state index >= 15 is 0 Å². The van der Waals surface area contributed by atoms with Gasteiger partial charge in [0.25, 0.3) is 0 Å². The topological polar surface area (TPSA) is 99.9 Å². The number of anilines is 1. The second kappa shape index (κ2) is 5.70. The predicted octanol–water partition coefficient (Wildman–Crippen LogP) is 1.87. The summed E-state index contributed by atoms with van der Waals surface area (Å²) in [7, 11) is 0. The summed E-state index contributed by atoms with van der Waals surface area (Å²) in [5, 5.41) is 10.8. The molecule has 0 spiro atoms. The van der Waals surface area contributed by atoms with E-state index in [0.29, 0.717) is 23.8 Å². The average Bonchev–Trinajstić information content (AvgIpc) is 2.74. The van der Waals surface area contributed by atoms with Crippen LogP contribution in [0.3, 0.4) is 0 Å². The molecule has 0 radical (unpaired) electrons. The van der Waals surface area contributed by atoms with Gasteiger partial charge in [0, 0.05) is 23.8 Å². The molecule has 2 heterocycles. The van der Waals surface area contributed by atoms with Gasteiger partial charge in [0.1, 0.15) is 12.7 Å². The van der Waals surface area contributed by atoms with Crippen LogP contribution in [-0.4, -0.2) is 25.2 Å². The normalized spacial score (nSPS) is 10.6. The average molecular weight is 279 g/mol. The van der Waals surface area contributed by atoms with Crippen LogP contribution < -0.4 is 5.73 Å². The highest BCUT2D eigenvalue weighted by molar-refractivity contribution is 7.99. The third-order valence-corrected chi connectivity index (χ3v) is 3.67. The molecule has 19 heavy (non-hydrogen) atoms. The van der Waals surface area contributed by atoms with Gasteiger partial charge in [-0.1, -0.05) is 0 Å². The van der Waals surface area contributed by atoms with Crippen LogP contribution in [0.1, 0.15) is 5.82 Å². The van der Waals surface area contributed by atoms with Crippen LogP contribution in [0.5, 0.6) is 0 Å². The quantitative estimate of drug-likeness (QED) is 0.509. The fraction of sp³-hybridized carbons (Fsp3) is 0.273. The fourth-order valence-corrected chi connectivity index (χ4v) is 2.52. The molecule has 2 aromatic heterocycles. The van der Waals surface area contributed by atoms with E-state index in [1.165, 1.54) is 18.0 Å². The molecule has 0 saturated carbocycles. The first-order valence-electron chi connectivity index (χ1n) is 5.58. The number of imidazole rings is 1. The molecule has 0 fully saturated rings. The minimum absolute atomic E-state index is 0.0146. The largest absolute Gasteiger partial charge is 0.397 e. The Hall–Kier alpha value is -2.09. The molecule has 8 heteroatoms. The van der Waals surface area contributed by atoms with Gasteiger partial charge in [0.2, 0.25) is 0 Å². The molecule has 0 aliphatic heterocycles. The van der Waals surface area contributed by atoms with E-state index in [1.54, 1.807) is 23.9 Å². The number of nitrogens with two attached hydrogens (primary N) is 1. The maximum Gasteiger partial charge on any atom is 0.342 e. The molecule has 0 atom stereocenters. The van der Waals surface area contributed by atoms with Crippen molar-refractivity contribution in [3.8, 4) is 0 Å². The second-order valence-corrected chi connectivity index (χ2v) is 4.97. The number of hydrogen-bond donors (Lipinski definition) is 1. The molecule has 0 aromatic carbocycles.